The number of alkyl halides is 3. The van der Waals surface area contributed by atoms with E-state index in [9.17, 15) is 18.0 Å². The molecule has 1 fully saturated rings. The van der Waals surface area contributed by atoms with Gasteiger partial charge in [0, 0.05) is 36.5 Å². The number of hydrogen-bond donors (Lipinski definition) is 3. The van der Waals surface area contributed by atoms with Gasteiger partial charge >= 0.3 is 12.1 Å². The van der Waals surface area contributed by atoms with Crippen LogP contribution in [0.5, 0.6) is 5.75 Å². The summed E-state index contributed by atoms with van der Waals surface area (Å²) in [4.78, 5) is 15.5. The summed E-state index contributed by atoms with van der Waals surface area (Å²) < 4.78 is 43.9. The van der Waals surface area contributed by atoms with Gasteiger partial charge in [0.2, 0.25) is 0 Å². The molecule has 0 atom stereocenters. The van der Waals surface area contributed by atoms with E-state index in [4.69, 9.17) is 11.5 Å². The van der Waals surface area contributed by atoms with Crippen molar-refractivity contribution in [3.05, 3.63) is 46.5 Å². The number of nitrogen functional groups attached to an aromatic ring is 1. The summed E-state index contributed by atoms with van der Waals surface area (Å²) in [6, 6.07) is 5.97. The summed E-state index contributed by atoms with van der Waals surface area (Å²) in [5, 5.41) is 3.26. The molecule has 1 aromatic heterocycles. The van der Waals surface area contributed by atoms with Gasteiger partial charge < -0.3 is 21.5 Å². The summed E-state index contributed by atoms with van der Waals surface area (Å²) >= 11 is 0. The SMILES string of the molecule is Nc1ccn(-c2ccc(CN[C@H]3CC[C@H](N)CC3)c(OC(F)(F)F)c2)c(=O)n1. The molecule has 0 bridgehead atoms. The molecule has 1 aliphatic rings. The van der Waals surface area contributed by atoms with Crippen LogP contribution in [0.2, 0.25) is 0 Å². The van der Waals surface area contributed by atoms with E-state index in [1.807, 2.05) is 0 Å². The number of anilines is 1. The maximum Gasteiger partial charge on any atom is 0.573 e. The van der Waals surface area contributed by atoms with Crippen LogP contribution >= 0.6 is 0 Å². The molecule has 1 saturated carbocycles. The van der Waals surface area contributed by atoms with E-state index in [2.05, 4.69) is 15.0 Å². The summed E-state index contributed by atoms with van der Waals surface area (Å²) in [6.45, 7) is 0.209. The zero-order valence-corrected chi connectivity index (χ0v) is 15.1. The number of hydrogen-bond acceptors (Lipinski definition) is 6. The number of benzene rings is 1. The molecule has 0 radical (unpaired) electrons. The summed E-state index contributed by atoms with van der Waals surface area (Å²) in [5.41, 5.74) is 11.2. The number of rotatable bonds is 5. The Balaban J connectivity index is 1.84. The highest BCUT2D eigenvalue weighted by atomic mass is 19.4. The van der Waals surface area contributed by atoms with Crippen molar-refractivity contribution in [2.75, 3.05) is 5.73 Å². The molecule has 0 aliphatic heterocycles. The quantitative estimate of drug-likeness (QED) is 0.713. The molecule has 5 N–H and O–H groups in total. The average Bonchev–Trinajstić information content (AvgIpc) is 2.61. The van der Waals surface area contributed by atoms with E-state index in [1.165, 1.54) is 30.5 Å². The van der Waals surface area contributed by atoms with Gasteiger partial charge in [0.25, 0.3) is 0 Å². The van der Waals surface area contributed by atoms with Gasteiger partial charge in [-0.3, -0.25) is 4.57 Å². The third-order valence-electron chi connectivity index (χ3n) is 4.73. The topological polar surface area (TPSA) is 108 Å². The lowest BCUT2D eigenvalue weighted by Gasteiger charge is -2.27. The summed E-state index contributed by atoms with van der Waals surface area (Å²) in [7, 11) is 0. The standard InChI is InChI=1S/C18H22F3N5O2/c19-18(20,21)28-15-9-14(26-8-7-16(23)25-17(26)27)6-1-11(15)10-24-13-4-2-12(22)3-5-13/h1,6-9,12-13,24H,2-5,10,22H2,(H2,23,25,27)/t12-,13-. The Kier molecular flexibility index (Phi) is 5.90. The van der Waals surface area contributed by atoms with E-state index in [-0.39, 0.29) is 35.9 Å². The molecule has 152 valence electrons. The third-order valence-corrected chi connectivity index (χ3v) is 4.73. The molecular weight excluding hydrogens is 375 g/mol. The highest BCUT2D eigenvalue weighted by molar-refractivity contribution is 5.45. The van der Waals surface area contributed by atoms with Crippen molar-refractivity contribution in [3.63, 3.8) is 0 Å². The minimum atomic E-state index is -4.85. The maximum atomic E-state index is 12.9. The Morgan fingerprint density at radius 1 is 1.21 bits per heavy atom. The average molecular weight is 397 g/mol. The van der Waals surface area contributed by atoms with E-state index >= 15 is 0 Å². The van der Waals surface area contributed by atoms with Gasteiger partial charge in [-0.25, -0.2) is 4.79 Å². The Hall–Kier alpha value is -2.59. The van der Waals surface area contributed by atoms with Crippen molar-refractivity contribution in [1.29, 1.82) is 0 Å². The Morgan fingerprint density at radius 3 is 2.57 bits per heavy atom. The van der Waals surface area contributed by atoms with E-state index in [1.54, 1.807) is 0 Å². The van der Waals surface area contributed by atoms with Crippen LogP contribution < -0.4 is 27.2 Å². The van der Waals surface area contributed by atoms with Crippen LogP contribution in [0, 0.1) is 0 Å². The van der Waals surface area contributed by atoms with E-state index in [0.29, 0.717) is 5.56 Å². The van der Waals surface area contributed by atoms with Gasteiger partial charge in [-0.05, 0) is 37.8 Å². The number of halogens is 3. The minimum absolute atomic E-state index is 0.0287. The van der Waals surface area contributed by atoms with Gasteiger partial charge in [0.1, 0.15) is 11.6 Å². The third kappa shape index (κ3) is 5.23. The number of ether oxygens (including phenoxy) is 1. The molecule has 28 heavy (non-hydrogen) atoms. The van der Waals surface area contributed by atoms with Crippen LogP contribution in [0.3, 0.4) is 0 Å². The van der Waals surface area contributed by atoms with E-state index < -0.39 is 12.1 Å². The lowest BCUT2D eigenvalue weighted by atomic mass is 9.92. The van der Waals surface area contributed by atoms with Crippen LogP contribution in [0.15, 0.2) is 35.3 Å². The van der Waals surface area contributed by atoms with Gasteiger partial charge in [0.05, 0.1) is 5.69 Å². The van der Waals surface area contributed by atoms with Gasteiger partial charge in [-0.1, -0.05) is 6.07 Å². The Labute approximate surface area is 159 Å². The van der Waals surface area contributed by atoms with Crippen molar-refractivity contribution in [3.8, 4) is 11.4 Å². The number of aromatic nitrogens is 2. The monoisotopic (exact) mass is 397 g/mol. The summed E-state index contributed by atoms with van der Waals surface area (Å²) in [5.74, 6) is -0.338. The fourth-order valence-electron chi connectivity index (χ4n) is 3.25. The Bertz CT molecular complexity index is 876. The van der Waals surface area contributed by atoms with E-state index in [0.717, 1.165) is 30.3 Å². The molecular formula is C18H22F3N5O2. The largest absolute Gasteiger partial charge is 0.573 e. The second-order valence-electron chi connectivity index (χ2n) is 6.84. The second-order valence-corrected chi connectivity index (χ2v) is 6.84. The highest BCUT2D eigenvalue weighted by Gasteiger charge is 2.32. The fraction of sp³-hybridized carbons (Fsp3) is 0.444. The van der Waals surface area contributed by atoms with Gasteiger partial charge in [0.15, 0.2) is 0 Å². The smallest absolute Gasteiger partial charge is 0.405 e. The molecule has 1 heterocycles. The number of nitrogens with zero attached hydrogens (tertiary/aromatic N) is 2. The first-order valence-electron chi connectivity index (χ1n) is 8.94. The van der Waals surface area contributed by atoms with Crippen molar-refractivity contribution < 1.29 is 17.9 Å². The first-order chi connectivity index (χ1) is 13.2. The van der Waals surface area contributed by atoms with Crippen LogP contribution in [0.25, 0.3) is 5.69 Å². The lowest BCUT2D eigenvalue weighted by Crippen LogP contribution is -2.37. The predicted molar refractivity (Wildman–Crippen MR) is 98.0 cm³/mol. The van der Waals surface area contributed by atoms with Gasteiger partial charge in [-0.2, -0.15) is 4.98 Å². The highest BCUT2D eigenvalue weighted by Crippen LogP contribution is 2.29. The molecule has 2 aromatic rings. The molecule has 0 amide bonds. The Morgan fingerprint density at radius 2 is 1.93 bits per heavy atom. The lowest BCUT2D eigenvalue weighted by molar-refractivity contribution is -0.274. The minimum Gasteiger partial charge on any atom is -0.405 e. The van der Waals surface area contributed by atoms with Crippen molar-refractivity contribution in [2.45, 2.75) is 50.7 Å². The number of nitrogens with one attached hydrogen (secondary N) is 1. The second kappa shape index (κ2) is 8.19. The zero-order chi connectivity index (χ0) is 20.3. The fourth-order valence-corrected chi connectivity index (χ4v) is 3.25. The first-order valence-corrected chi connectivity index (χ1v) is 8.94. The summed E-state index contributed by atoms with van der Waals surface area (Å²) in [6.07, 6.45) is 0.0173. The molecule has 0 saturated heterocycles. The molecule has 7 nitrogen and oxygen atoms in total. The van der Waals surface area contributed by atoms with Crippen molar-refractivity contribution in [2.24, 2.45) is 5.73 Å². The molecule has 10 heteroatoms. The first kappa shape index (κ1) is 20.2. The zero-order valence-electron chi connectivity index (χ0n) is 15.1. The van der Waals surface area contributed by atoms with Crippen LogP contribution in [0.4, 0.5) is 19.0 Å². The van der Waals surface area contributed by atoms with Gasteiger partial charge in [-0.15, -0.1) is 13.2 Å². The predicted octanol–water partition coefficient (Wildman–Crippen LogP) is 2.07. The number of nitrogens with two attached hydrogens (primary N) is 2. The molecule has 1 aromatic carbocycles. The van der Waals surface area contributed by atoms with Crippen LogP contribution in [0.1, 0.15) is 31.2 Å². The van der Waals surface area contributed by atoms with Crippen LogP contribution in [-0.2, 0) is 6.54 Å². The molecule has 0 spiro atoms. The molecule has 3 rings (SSSR count). The normalized spacial score (nSPS) is 20.1. The maximum absolute atomic E-state index is 12.9. The van der Waals surface area contributed by atoms with Crippen molar-refractivity contribution in [1.82, 2.24) is 14.9 Å². The molecule has 1 aliphatic carbocycles. The van der Waals surface area contributed by atoms with Crippen LogP contribution in [-0.4, -0.2) is 28.0 Å². The molecule has 0 unspecified atom stereocenters. The van der Waals surface area contributed by atoms with Crippen molar-refractivity contribution >= 4 is 5.82 Å².